The van der Waals surface area contributed by atoms with Gasteiger partial charge >= 0.3 is 5.97 Å². The second-order valence-electron chi connectivity index (χ2n) is 6.36. The third kappa shape index (κ3) is 4.72. The van der Waals surface area contributed by atoms with Crippen molar-refractivity contribution in [2.24, 2.45) is 0 Å². The molecule has 0 saturated carbocycles. The molecule has 1 aliphatic heterocycles. The van der Waals surface area contributed by atoms with Crippen LogP contribution < -0.4 is 0 Å². The van der Waals surface area contributed by atoms with E-state index < -0.39 is 0 Å². The molecule has 8 nitrogen and oxygen atoms in total. The second-order valence-corrected chi connectivity index (χ2v) is 7.22. The molecule has 1 aliphatic rings. The molecule has 0 unspecified atom stereocenters. The third-order valence-electron chi connectivity index (χ3n) is 4.43. The fourth-order valence-corrected chi connectivity index (χ4v) is 3.77. The number of ether oxygens (including phenoxy) is 1. The van der Waals surface area contributed by atoms with Crippen molar-refractivity contribution in [3.63, 3.8) is 0 Å². The fraction of sp³-hybridized carbons (Fsp3) is 0.421. The number of carbonyl (C=O) groups excluding carboxylic acids is 3. The predicted molar refractivity (Wildman–Crippen MR) is 103 cm³/mol. The van der Waals surface area contributed by atoms with Crippen molar-refractivity contribution < 1.29 is 19.1 Å². The summed E-state index contributed by atoms with van der Waals surface area (Å²) in [6, 6.07) is 3.71. The summed E-state index contributed by atoms with van der Waals surface area (Å²) >= 11 is 1.38. The average molecular weight is 402 g/mol. The lowest BCUT2D eigenvalue weighted by Crippen LogP contribution is -2.44. The molecule has 0 radical (unpaired) electrons. The van der Waals surface area contributed by atoms with Gasteiger partial charge in [-0.3, -0.25) is 24.4 Å². The van der Waals surface area contributed by atoms with Crippen LogP contribution in [0, 0.1) is 0 Å². The quantitative estimate of drug-likeness (QED) is 0.522. The molecule has 2 aromatic rings. The number of carbonyl (C=O) groups is 3. The molecule has 0 bridgehead atoms. The van der Waals surface area contributed by atoms with Gasteiger partial charge in [-0.25, -0.2) is 9.99 Å². The Morgan fingerprint density at radius 1 is 1.18 bits per heavy atom. The molecular weight excluding hydrogens is 380 g/mol. The van der Waals surface area contributed by atoms with E-state index in [1.165, 1.54) is 28.5 Å². The van der Waals surface area contributed by atoms with Crippen molar-refractivity contribution in [1.29, 1.82) is 0 Å². The number of amides is 2. The lowest BCUT2D eigenvalue weighted by molar-refractivity contribution is -0.142. The number of nitrogens with zero attached hydrogens (tertiary/aromatic N) is 4. The zero-order chi connectivity index (χ0) is 19.9. The Kier molecular flexibility index (Phi) is 6.70. The highest BCUT2D eigenvalue weighted by Gasteiger charge is 2.32. The van der Waals surface area contributed by atoms with Crippen molar-refractivity contribution in [2.75, 3.05) is 20.2 Å². The monoisotopic (exact) mass is 402 g/mol. The van der Waals surface area contributed by atoms with Gasteiger partial charge in [-0.15, -0.1) is 11.3 Å². The minimum atomic E-state index is -0.279. The average Bonchev–Trinajstić information content (AvgIpc) is 3.41. The summed E-state index contributed by atoms with van der Waals surface area (Å²) in [6.07, 6.45) is 5.87. The molecule has 2 amide bonds. The number of aromatic nitrogens is 2. The van der Waals surface area contributed by atoms with Gasteiger partial charge in [0.05, 0.1) is 7.11 Å². The maximum Gasteiger partial charge on any atom is 0.305 e. The highest BCUT2D eigenvalue weighted by Crippen LogP contribution is 2.24. The summed E-state index contributed by atoms with van der Waals surface area (Å²) in [4.78, 5) is 45.0. The number of thiazole rings is 1. The zero-order valence-electron chi connectivity index (χ0n) is 15.7. The summed E-state index contributed by atoms with van der Waals surface area (Å²) in [5.41, 5.74) is 1.18. The molecular formula is C19H22N4O4S. The number of esters is 1. The summed E-state index contributed by atoms with van der Waals surface area (Å²) in [5.74, 6) is -0.663. The van der Waals surface area contributed by atoms with Crippen molar-refractivity contribution in [1.82, 2.24) is 20.0 Å². The van der Waals surface area contributed by atoms with E-state index in [0.29, 0.717) is 44.5 Å². The van der Waals surface area contributed by atoms with E-state index in [2.05, 4.69) is 14.7 Å². The topological polar surface area (TPSA) is 92.7 Å². The Morgan fingerprint density at radius 3 is 2.71 bits per heavy atom. The van der Waals surface area contributed by atoms with Crippen LogP contribution in [0.5, 0.6) is 0 Å². The van der Waals surface area contributed by atoms with Gasteiger partial charge in [-0.2, -0.15) is 0 Å². The first kappa shape index (κ1) is 19.9. The van der Waals surface area contributed by atoms with Gasteiger partial charge in [0.2, 0.25) is 5.91 Å². The van der Waals surface area contributed by atoms with E-state index in [4.69, 9.17) is 0 Å². The van der Waals surface area contributed by atoms with Gasteiger partial charge in [0.25, 0.3) is 5.91 Å². The first-order valence-electron chi connectivity index (χ1n) is 9.15. The van der Waals surface area contributed by atoms with E-state index in [1.54, 1.807) is 17.8 Å². The molecule has 148 valence electrons. The Hall–Kier alpha value is -2.81. The lowest BCUT2D eigenvalue weighted by Gasteiger charge is -2.27. The van der Waals surface area contributed by atoms with Crippen molar-refractivity contribution in [3.05, 3.63) is 35.6 Å². The first-order valence-corrected chi connectivity index (χ1v) is 10.0. The Morgan fingerprint density at radius 2 is 1.96 bits per heavy atom. The minimum absolute atomic E-state index is 0.113. The maximum atomic E-state index is 12.9. The normalized spacial score (nSPS) is 13.6. The highest BCUT2D eigenvalue weighted by molar-refractivity contribution is 7.13. The predicted octanol–water partition coefficient (Wildman–Crippen LogP) is 2.53. The molecule has 0 aromatic carbocycles. The van der Waals surface area contributed by atoms with Crippen LogP contribution in [0.1, 0.15) is 42.6 Å². The molecule has 0 aliphatic carbocycles. The van der Waals surface area contributed by atoms with Gasteiger partial charge in [0.1, 0.15) is 10.7 Å². The number of hydrogen-bond donors (Lipinski definition) is 0. The SMILES string of the molecule is COC(=O)CCCCC(=O)N1CCCN1C(=O)c1csc(-c2cccnc2)n1. The van der Waals surface area contributed by atoms with E-state index in [1.807, 2.05) is 12.1 Å². The van der Waals surface area contributed by atoms with Gasteiger partial charge < -0.3 is 4.74 Å². The molecule has 1 saturated heterocycles. The fourth-order valence-electron chi connectivity index (χ4n) is 2.98. The van der Waals surface area contributed by atoms with Gasteiger partial charge in [0.15, 0.2) is 0 Å². The number of unbranched alkanes of at least 4 members (excludes halogenated alkanes) is 1. The van der Waals surface area contributed by atoms with Crippen LogP contribution in [0.25, 0.3) is 10.6 Å². The molecule has 0 atom stereocenters. The number of rotatable bonds is 7. The standard InChI is InChI=1S/C19H22N4O4S/c1-27-17(25)8-3-2-7-16(24)22-10-5-11-23(22)19(26)15-13-28-18(21-15)14-6-4-9-20-12-14/h4,6,9,12-13H,2-3,5,7-8,10-11H2,1H3. The first-order chi connectivity index (χ1) is 13.6. The smallest absolute Gasteiger partial charge is 0.305 e. The maximum absolute atomic E-state index is 12.9. The minimum Gasteiger partial charge on any atom is -0.469 e. The molecule has 0 N–H and O–H groups in total. The molecule has 3 rings (SSSR count). The van der Waals surface area contributed by atoms with Crippen LogP contribution in [0.3, 0.4) is 0 Å². The molecule has 28 heavy (non-hydrogen) atoms. The summed E-state index contributed by atoms with van der Waals surface area (Å²) in [6.45, 7) is 1.01. The van der Waals surface area contributed by atoms with Crippen LogP contribution in [0.15, 0.2) is 29.9 Å². The summed E-state index contributed by atoms with van der Waals surface area (Å²) in [7, 11) is 1.35. The zero-order valence-corrected chi connectivity index (χ0v) is 16.5. The van der Waals surface area contributed by atoms with Crippen LogP contribution >= 0.6 is 11.3 Å². The molecule has 0 spiro atoms. The van der Waals surface area contributed by atoms with Crippen molar-refractivity contribution >= 4 is 29.1 Å². The molecule has 2 aromatic heterocycles. The van der Waals surface area contributed by atoms with E-state index in [-0.39, 0.29) is 17.8 Å². The molecule has 9 heteroatoms. The summed E-state index contributed by atoms with van der Waals surface area (Å²) < 4.78 is 4.59. The van der Waals surface area contributed by atoms with Crippen LogP contribution in [0.4, 0.5) is 0 Å². The lowest BCUT2D eigenvalue weighted by atomic mass is 10.2. The van der Waals surface area contributed by atoms with Crippen LogP contribution in [-0.4, -0.2) is 58.0 Å². The second kappa shape index (κ2) is 9.41. The number of methoxy groups -OCH3 is 1. The van der Waals surface area contributed by atoms with E-state index in [9.17, 15) is 14.4 Å². The third-order valence-corrected chi connectivity index (χ3v) is 5.33. The van der Waals surface area contributed by atoms with Gasteiger partial charge in [-0.05, 0) is 31.4 Å². The Balaban J connectivity index is 1.59. The molecule has 3 heterocycles. The number of pyridine rings is 1. The van der Waals surface area contributed by atoms with Crippen LogP contribution in [-0.2, 0) is 14.3 Å². The number of hydrazine groups is 1. The van der Waals surface area contributed by atoms with Crippen molar-refractivity contribution in [2.45, 2.75) is 32.1 Å². The van der Waals surface area contributed by atoms with Crippen LogP contribution in [0.2, 0.25) is 0 Å². The Bertz CT molecular complexity index is 839. The molecule has 1 fully saturated rings. The largest absolute Gasteiger partial charge is 0.469 e. The number of hydrogen-bond acceptors (Lipinski definition) is 7. The Labute approximate surface area is 167 Å². The van der Waals surface area contributed by atoms with E-state index >= 15 is 0 Å². The highest BCUT2D eigenvalue weighted by atomic mass is 32.1. The van der Waals surface area contributed by atoms with Gasteiger partial charge in [-0.1, -0.05) is 0 Å². The van der Waals surface area contributed by atoms with Gasteiger partial charge in [0, 0.05) is 49.3 Å². The van der Waals surface area contributed by atoms with E-state index in [0.717, 1.165) is 17.0 Å². The van der Waals surface area contributed by atoms with Crippen molar-refractivity contribution in [3.8, 4) is 10.6 Å². The summed E-state index contributed by atoms with van der Waals surface area (Å²) in [5, 5.41) is 5.41.